The smallest absolute Gasteiger partial charge is 0.410 e. The van der Waals surface area contributed by atoms with Gasteiger partial charge >= 0.3 is 16.3 Å². The van der Waals surface area contributed by atoms with Gasteiger partial charge in [-0.15, -0.1) is 3.89 Å². The third-order valence-electron chi connectivity index (χ3n) is 2.48. The van der Waals surface area contributed by atoms with Crippen molar-refractivity contribution < 1.29 is 26.6 Å². The molecule has 1 aliphatic heterocycles. The van der Waals surface area contributed by atoms with Crippen molar-refractivity contribution in [2.75, 3.05) is 25.4 Å². The summed E-state index contributed by atoms with van der Waals surface area (Å²) in [5.74, 6) is -0.672. The predicted octanol–water partition coefficient (Wildman–Crippen LogP) is 1.31. The summed E-state index contributed by atoms with van der Waals surface area (Å²) >= 11 is 0. The van der Waals surface area contributed by atoms with E-state index in [9.17, 15) is 17.1 Å². The summed E-state index contributed by atoms with van der Waals surface area (Å²) in [5.41, 5.74) is -1.20. The molecule has 0 saturated carbocycles. The highest BCUT2D eigenvalue weighted by atomic mass is 32.3. The second kappa shape index (κ2) is 5.24. The van der Waals surface area contributed by atoms with Crippen molar-refractivity contribution in [1.29, 1.82) is 0 Å². The van der Waals surface area contributed by atoms with E-state index in [0.29, 0.717) is 13.1 Å². The molecule has 1 rings (SSSR count). The molecule has 1 heterocycles. The number of carbonyl (C=O) groups excluding carboxylic acids is 1. The number of rotatable bonds is 4. The molecule has 19 heavy (non-hydrogen) atoms. The molecule has 0 aromatic heterocycles. The molecule has 1 fully saturated rings. The maximum absolute atomic E-state index is 12.3. The maximum atomic E-state index is 12.3. The van der Waals surface area contributed by atoms with Gasteiger partial charge in [-0.25, -0.2) is 4.79 Å². The van der Waals surface area contributed by atoms with Crippen LogP contribution in [-0.2, 0) is 19.7 Å². The van der Waals surface area contributed by atoms with Crippen LogP contribution in [0.3, 0.4) is 0 Å². The summed E-state index contributed by atoms with van der Waals surface area (Å²) in [5, 5.41) is 0. The van der Waals surface area contributed by atoms with Crippen LogP contribution in [0.2, 0.25) is 0 Å². The van der Waals surface area contributed by atoms with Crippen LogP contribution < -0.4 is 0 Å². The Kier molecular flexibility index (Phi) is 4.46. The lowest BCUT2D eigenvalue weighted by Gasteiger charge is -2.47. The van der Waals surface area contributed by atoms with Gasteiger partial charge in [0.2, 0.25) is 0 Å². The topological polar surface area (TPSA) is 72.9 Å². The summed E-state index contributed by atoms with van der Waals surface area (Å²) in [6.45, 7) is 7.42. The van der Waals surface area contributed by atoms with Gasteiger partial charge < -0.3 is 14.4 Å². The van der Waals surface area contributed by atoms with Crippen molar-refractivity contribution in [3.8, 4) is 0 Å². The van der Waals surface area contributed by atoms with Gasteiger partial charge in [0.1, 0.15) is 17.0 Å². The van der Waals surface area contributed by atoms with E-state index < -0.39 is 33.3 Å². The third-order valence-corrected chi connectivity index (χ3v) is 3.13. The molecule has 0 bridgehead atoms. The minimum Gasteiger partial charge on any atom is -0.444 e. The van der Waals surface area contributed by atoms with Crippen molar-refractivity contribution in [2.24, 2.45) is 0 Å². The first kappa shape index (κ1) is 16.2. The summed E-state index contributed by atoms with van der Waals surface area (Å²) in [4.78, 5) is 13.1. The van der Waals surface area contributed by atoms with Crippen molar-refractivity contribution in [1.82, 2.24) is 4.90 Å². The summed E-state index contributed by atoms with van der Waals surface area (Å²) < 4.78 is 43.4. The Morgan fingerprint density at radius 3 is 2.32 bits per heavy atom. The van der Waals surface area contributed by atoms with Crippen LogP contribution in [0.4, 0.5) is 8.68 Å². The van der Waals surface area contributed by atoms with Gasteiger partial charge in [-0.1, -0.05) is 0 Å². The lowest BCUT2D eigenvalue weighted by atomic mass is 9.97. The normalized spacial score (nSPS) is 18.9. The average Bonchev–Trinajstić information content (AvgIpc) is 2.08. The highest BCUT2D eigenvalue weighted by Gasteiger charge is 2.44. The van der Waals surface area contributed by atoms with Crippen LogP contribution >= 0.6 is 0 Å². The van der Waals surface area contributed by atoms with Gasteiger partial charge in [-0.2, -0.15) is 8.42 Å². The number of ether oxygens (including phenoxy) is 2. The first-order chi connectivity index (χ1) is 8.40. The highest BCUT2D eigenvalue weighted by Crippen LogP contribution is 2.26. The van der Waals surface area contributed by atoms with Gasteiger partial charge in [-0.3, -0.25) is 0 Å². The molecule has 6 nitrogen and oxygen atoms in total. The second-order valence-corrected chi connectivity index (χ2v) is 7.36. The fourth-order valence-corrected chi connectivity index (χ4v) is 1.98. The third kappa shape index (κ3) is 5.73. The second-order valence-electron chi connectivity index (χ2n) is 5.88. The van der Waals surface area contributed by atoms with E-state index in [0.717, 1.165) is 0 Å². The molecule has 0 atom stereocenters. The van der Waals surface area contributed by atoms with E-state index >= 15 is 0 Å². The number of nitrogens with zero attached hydrogens (tertiary/aromatic N) is 1. The number of hydrogen-bond acceptors (Lipinski definition) is 5. The van der Waals surface area contributed by atoms with E-state index in [1.807, 2.05) is 0 Å². The summed E-state index contributed by atoms with van der Waals surface area (Å²) in [6.07, 6.45) is -0.438. The van der Waals surface area contributed by atoms with Crippen LogP contribution in [0.1, 0.15) is 27.7 Å². The average molecular weight is 297 g/mol. The van der Waals surface area contributed by atoms with Crippen molar-refractivity contribution in [2.45, 2.75) is 38.9 Å². The Labute approximate surface area is 113 Å². The fraction of sp³-hybridized carbons (Fsp3) is 0.909. The number of likely N-dealkylation sites (tertiary alicyclic amines) is 1. The minimum absolute atomic E-state index is 0.225. The SMILES string of the molecule is CC(C)(C)OC(=O)N1CC(C)(OCCS(=O)(=O)F)C1. The largest absolute Gasteiger partial charge is 0.444 e. The Morgan fingerprint density at radius 2 is 1.89 bits per heavy atom. The molecular weight excluding hydrogens is 277 g/mol. The molecule has 0 aromatic carbocycles. The van der Waals surface area contributed by atoms with Crippen molar-refractivity contribution in [3.63, 3.8) is 0 Å². The van der Waals surface area contributed by atoms with Crippen LogP contribution in [0.15, 0.2) is 0 Å². The van der Waals surface area contributed by atoms with Crippen LogP contribution in [0, 0.1) is 0 Å². The standard InChI is InChI=1S/C11H20FNO5S/c1-10(2,3)18-9(14)13-7-11(4,8-13)17-5-6-19(12,15)16/h5-8H2,1-4H3. The van der Waals surface area contributed by atoms with Gasteiger partial charge in [0, 0.05) is 0 Å². The molecule has 0 aliphatic carbocycles. The van der Waals surface area contributed by atoms with E-state index in [2.05, 4.69) is 0 Å². The summed E-state index contributed by atoms with van der Waals surface area (Å²) in [7, 11) is -4.51. The number of amides is 1. The predicted molar refractivity (Wildman–Crippen MR) is 67.1 cm³/mol. The van der Waals surface area contributed by atoms with E-state index in [1.54, 1.807) is 27.7 Å². The Bertz CT molecular complexity index is 436. The van der Waals surface area contributed by atoms with E-state index in [-0.39, 0.29) is 6.61 Å². The highest BCUT2D eigenvalue weighted by molar-refractivity contribution is 7.86. The Hall–Kier alpha value is -0.890. The lowest BCUT2D eigenvalue weighted by Crippen LogP contribution is -2.63. The van der Waals surface area contributed by atoms with E-state index in [1.165, 1.54) is 4.90 Å². The fourth-order valence-electron chi connectivity index (χ4n) is 1.70. The first-order valence-electron chi connectivity index (χ1n) is 5.94. The molecule has 0 aromatic rings. The first-order valence-corrected chi connectivity index (χ1v) is 7.50. The molecule has 0 radical (unpaired) electrons. The number of carbonyl (C=O) groups is 1. The quantitative estimate of drug-likeness (QED) is 0.732. The molecule has 112 valence electrons. The monoisotopic (exact) mass is 297 g/mol. The van der Waals surface area contributed by atoms with Gasteiger partial charge in [0.25, 0.3) is 0 Å². The maximum Gasteiger partial charge on any atom is 0.410 e. The Balaban J connectivity index is 2.33. The molecule has 1 saturated heterocycles. The zero-order chi connectivity index (χ0) is 14.9. The molecule has 8 heteroatoms. The molecule has 0 spiro atoms. The van der Waals surface area contributed by atoms with Gasteiger partial charge in [0.15, 0.2) is 0 Å². The zero-order valence-electron chi connectivity index (χ0n) is 11.6. The number of halogens is 1. The minimum atomic E-state index is -4.51. The van der Waals surface area contributed by atoms with Crippen LogP contribution in [0.25, 0.3) is 0 Å². The zero-order valence-corrected chi connectivity index (χ0v) is 12.4. The van der Waals surface area contributed by atoms with Crippen LogP contribution in [0.5, 0.6) is 0 Å². The van der Waals surface area contributed by atoms with Crippen molar-refractivity contribution in [3.05, 3.63) is 0 Å². The Morgan fingerprint density at radius 1 is 1.37 bits per heavy atom. The van der Waals surface area contributed by atoms with Gasteiger partial charge in [-0.05, 0) is 27.7 Å². The molecule has 1 aliphatic rings. The molecule has 0 unspecified atom stereocenters. The summed E-state index contributed by atoms with van der Waals surface area (Å²) in [6, 6.07) is 0. The van der Waals surface area contributed by atoms with Gasteiger partial charge in [0.05, 0.1) is 19.7 Å². The van der Waals surface area contributed by atoms with Crippen molar-refractivity contribution >= 4 is 16.3 Å². The van der Waals surface area contributed by atoms with Crippen LogP contribution in [-0.4, -0.2) is 56.1 Å². The number of hydrogen-bond donors (Lipinski definition) is 0. The molecule has 1 amide bonds. The molecular formula is C11H20FNO5S. The van der Waals surface area contributed by atoms with E-state index in [4.69, 9.17) is 9.47 Å². The molecule has 0 N–H and O–H groups in total. The lowest BCUT2D eigenvalue weighted by molar-refractivity contribution is -0.124.